The number of hydrogen-bond donors (Lipinski definition) is 3. The summed E-state index contributed by atoms with van der Waals surface area (Å²) in [4.78, 5) is 16.5. The van der Waals surface area contributed by atoms with Crippen molar-refractivity contribution >= 4 is 11.7 Å². The molecule has 0 bridgehead atoms. The first kappa shape index (κ1) is 28.0. The number of nitrogens with one attached hydrogen (secondary N) is 2. The van der Waals surface area contributed by atoms with Gasteiger partial charge in [0, 0.05) is 51.4 Å². The average molecular weight is 536 g/mol. The molecule has 2 aliphatic heterocycles. The number of fused-ring (bicyclic) bond motifs is 2. The molecule has 4 rings (SSSR count). The smallest absolute Gasteiger partial charge is 0.307 e. The van der Waals surface area contributed by atoms with Crippen molar-refractivity contribution in [3.63, 3.8) is 0 Å². The highest BCUT2D eigenvalue weighted by atomic mass is 19.1. The minimum Gasteiger partial charge on any atom is -0.489 e. The molecule has 3 unspecified atom stereocenters. The van der Waals surface area contributed by atoms with Gasteiger partial charge in [-0.2, -0.15) is 0 Å². The zero-order chi connectivity index (χ0) is 27.3. The standard InChI is InChI=1S/C27H32F3N3O5/c1-36-27(37-2)9-8-21-19(13-27)24-18(25(30)32-15-22(24)33-21)5-3-4-16(26(34)35)14-31-10-11-38-23-12-17(28)6-7-20(23)29/h6-9,12-13,16,18,25,31-32H,3-5,10-11,14-15H2,1-2H3,(H,34,35). The third-order valence-corrected chi connectivity index (χ3v) is 7.02. The number of carboxylic acid groups (broad SMARTS) is 1. The largest absolute Gasteiger partial charge is 0.489 e. The summed E-state index contributed by atoms with van der Waals surface area (Å²) in [7, 11) is 3.06. The van der Waals surface area contributed by atoms with Gasteiger partial charge in [0.15, 0.2) is 17.9 Å². The minimum atomic E-state index is -1.30. The van der Waals surface area contributed by atoms with Crippen LogP contribution in [-0.2, 0) is 14.3 Å². The van der Waals surface area contributed by atoms with Crippen LogP contribution in [0.15, 0.2) is 58.3 Å². The highest BCUT2D eigenvalue weighted by molar-refractivity contribution is 6.15. The van der Waals surface area contributed by atoms with Gasteiger partial charge in [-0.05, 0) is 48.8 Å². The van der Waals surface area contributed by atoms with Gasteiger partial charge in [-0.1, -0.05) is 6.42 Å². The van der Waals surface area contributed by atoms with Crippen molar-refractivity contribution in [3.8, 4) is 5.75 Å². The van der Waals surface area contributed by atoms with Crippen LogP contribution < -0.4 is 15.4 Å². The number of aliphatic carboxylic acids is 1. The maximum absolute atomic E-state index is 15.1. The maximum atomic E-state index is 15.1. The van der Waals surface area contributed by atoms with E-state index in [0.29, 0.717) is 25.8 Å². The maximum Gasteiger partial charge on any atom is 0.307 e. The van der Waals surface area contributed by atoms with E-state index in [0.717, 1.165) is 40.8 Å². The molecule has 3 aliphatic rings. The van der Waals surface area contributed by atoms with Gasteiger partial charge in [0.1, 0.15) is 12.4 Å². The number of methoxy groups -OCH3 is 2. The molecule has 1 aliphatic carbocycles. The van der Waals surface area contributed by atoms with Crippen molar-refractivity contribution in [1.82, 2.24) is 10.6 Å². The highest BCUT2D eigenvalue weighted by Gasteiger charge is 2.41. The molecule has 0 saturated heterocycles. The summed E-state index contributed by atoms with van der Waals surface area (Å²) in [6.45, 7) is 0.750. The summed E-state index contributed by atoms with van der Waals surface area (Å²) < 4.78 is 58.2. The van der Waals surface area contributed by atoms with Gasteiger partial charge in [0.2, 0.25) is 5.79 Å². The van der Waals surface area contributed by atoms with Crippen LogP contribution in [0.4, 0.5) is 13.2 Å². The van der Waals surface area contributed by atoms with Crippen LogP contribution in [0.25, 0.3) is 0 Å². The number of ether oxygens (including phenoxy) is 3. The van der Waals surface area contributed by atoms with Crippen LogP contribution in [0.2, 0.25) is 0 Å². The Labute approximate surface area is 219 Å². The fraction of sp³-hybridized carbons (Fsp3) is 0.481. The number of aliphatic imine (C=N–C) groups is 1. The normalized spacial score (nSPS) is 22.4. The molecule has 206 valence electrons. The van der Waals surface area contributed by atoms with Gasteiger partial charge < -0.3 is 24.6 Å². The Morgan fingerprint density at radius 1 is 1.32 bits per heavy atom. The van der Waals surface area contributed by atoms with Crippen LogP contribution in [0, 0.1) is 23.5 Å². The number of rotatable bonds is 13. The molecule has 0 spiro atoms. The molecule has 1 aromatic rings. The van der Waals surface area contributed by atoms with Crippen LogP contribution >= 0.6 is 0 Å². The number of benzene rings is 1. The van der Waals surface area contributed by atoms with Gasteiger partial charge in [-0.3, -0.25) is 15.1 Å². The van der Waals surface area contributed by atoms with E-state index in [2.05, 4.69) is 15.6 Å². The van der Waals surface area contributed by atoms with Crippen molar-refractivity contribution < 1.29 is 37.3 Å². The van der Waals surface area contributed by atoms with Crippen LogP contribution in [0.3, 0.4) is 0 Å². The monoisotopic (exact) mass is 535 g/mol. The first-order valence-corrected chi connectivity index (χ1v) is 12.5. The predicted molar refractivity (Wildman–Crippen MR) is 135 cm³/mol. The molecule has 2 heterocycles. The molecule has 0 amide bonds. The molecule has 3 atom stereocenters. The Balaban J connectivity index is 1.30. The first-order valence-electron chi connectivity index (χ1n) is 12.5. The summed E-state index contributed by atoms with van der Waals surface area (Å²) in [5.74, 6) is -4.71. The molecule has 38 heavy (non-hydrogen) atoms. The third-order valence-electron chi connectivity index (χ3n) is 7.02. The van der Waals surface area contributed by atoms with E-state index in [-0.39, 0.29) is 25.4 Å². The molecule has 0 fully saturated rings. The van der Waals surface area contributed by atoms with Crippen LogP contribution in [0.5, 0.6) is 5.75 Å². The SMILES string of the molecule is COC1(OC)C=CC2=NC3=C(C2=C1)C(CCCC(CNCCOc1cc(F)ccc1F)C(=O)O)C(F)NC3. The average Bonchev–Trinajstić information content (AvgIpc) is 3.27. The molecule has 0 radical (unpaired) electrons. The number of nitrogens with zero attached hydrogens (tertiary/aromatic N) is 1. The van der Waals surface area contributed by atoms with E-state index in [1.54, 1.807) is 12.2 Å². The Morgan fingerprint density at radius 2 is 2.11 bits per heavy atom. The van der Waals surface area contributed by atoms with Crippen molar-refractivity contribution in [2.45, 2.75) is 31.3 Å². The molecule has 8 nitrogen and oxygen atoms in total. The quantitative estimate of drug-likeness (QED) is 0.202. The lowest BCUT2D eigenvalue weighted by Gasteiger charge is -2.32. The fourth-order valence-electron chi connectivity index (χ4n) is 4.94. The Kier molecular flexibility index (Phi) is 9.03. The second-order valence-corrected chi connectivity index (χ2v) is 9.36. The Morgan fingerprint density at radius 3 is 2.84 bits per heavy atom. The van der Waals surface area contributed by atoms with E-state index >= 15 is 4.39 Å². The Bertz CT molecular complexity index is 1160. The fourth-order valence-corrected chi connectivity index (χ4v) is 4.94. The van der Waals surface area contributed by atoms with E-state index in [1.165, 1.54) is 14.2 Å². The van der Waals surface area contributed by atoms with E-state index in [1.807, 2.05) is 6.08 Å². The topological polar surface area (TPSA) is 101 Å². The molecule has 1 aromatic carbocycles. The number of carbonyl (C=O) groups is 1. The minimum absolute atomic E-state index is 0.0389. The molecular formula is C27H32F3N3O5. The van der Waals surface area contributed by atoms with Crippen molar-refractivity contribution in [2.75, 3.05) is 40.5 Å². The second kappa shape index (κ2) is 12.2. The van der Waals surface area contributed by atoms with Crippen LogP contribution in [-0.4, -0.2) is 69.3 Å². The van der Waals surface area contributed by atoms with Crippen molar-refractivity contribution in [1.29, 1.82) is 0 Å². The van der Waals surface area contributed by atoms with Gasteiger partial charge in [-0.15, -0.1) is 0 Å². The summed E-state index contributed by atoms with van der Waals surface area (Å²) in [6, 6.07) is 2.93. The number of carboxylic acids is 1. The zero-order valence-corrected chi connectivity index (χ0v) is 21.3. The lowest BCUT2D eigenvalue weighted by molar-refractivity contribution is -0.141. The summed E-state index contributed by atoms with van der Waals surface area (Å²) >= 11 is 0. The van der Waals surface area contributed by atoms with Crippen molar-refractivity contribution in [2.24, 2.45) is 16.8 Å². The summed E-state index contributed by atoms with van der Waals surface area (Å²) in [6.07, 6.45) is 5.31. The summed E-state index contributed by atoms with van der Waals surface area (Å²) in [5.41, 5.74) is 3.09. The Hall–Kier alpha value is -2.99. The van der Waals surface area contributed by atoms with Gasteiger partial charge in [-0.25, -0.2) is 13.2 Å². The number of halogens is 3. The molecule has 0 aromatic heterocycles. The second-order valence-electron chi connectivity index (χ2n) is 9.36. The van der Waals surface area contributed by atoms with Crippen molar-refractivity contribution in [3.05, 3.63) is 64.9 Å². The zero-order valence-electron chi connectivity index (χ0n) is 21.3. The van der Waals surface area contributed by atoms with Crippen LogP contribution in [0.1, 0.15) is 19.3 Å². The lowest BCUT2D eigenvalue weighted by atomic mass is 9.81. The van der Waals surface area contributed by atoms with Gasteiger partial charge in [0.05, 0.1) is 17.3 Å². The number of hydrogen-bond acceptors (Lipinski definition) is 7. The third kappa shape index (κ3) is 6.17. The van der Waals surface area contributed by atoms with E-state index in [9.17, 15) is 18.7 Å². The van der Waals surface area contributed by atoms with E-state index < -0.39 is 41.5 Å². The first-order chi connectivity index (χ1) is 18.3. The number of alkyl halides is 1. The highest BCUT2D eigenvalue weighted by Crippen LogP contribution is 2.42. The number of allylic oxidation sites excluding steroid dienone is 2. The molecule has 11 heteroatoms. The lowest BCUT2D eigenvalue weighted by Crippen LogP contribution is -2.40. The molecule has 3 N–H and O–H groups in total. The predicted octanol–water partition coefficient (Wildman–Crippen LogP) is 3.51. The molecular weight excluding hydrogens is 503 g/mol. The molecule has 0 saturated carbocycles. The van der Waals surface area contributed by atoms with Gasteiger partial charge in [0.25, 0.3) is 0 Å². The summed E-state index contributed by atoms with van der Waals surface area (Å²) in [5, 5.41) is 15.5. The van der Waals surface area contributed by atoms with E-state index in [4.69, 9.17) is 14.2 Å². The van der Waals surface area contributed by atoms with Gasteiger partial charge >= 0.3 is 5.97 Å².